The second kappa shape index (κ2) is 6.19. The van der Waals surface area contributed by atoms with Gasteiger partial charge in [0.1, 0.15) is 0 Å². The van der Waals surface area contributed by atoms with E-state index in [-0.39, 0.29) is 5.91 Å². The molecule has 1 heterocycles. The molecule has 0 atom stereocenters. The van der Waals surface area contributed by atoms with Crippen molar-refractivity contribution in [2.45, 2.75) is 26.9 Å². The molecular formula is C10H18N4O. The molecule has 0 aliphatic rings. The Morgan fingerprint density at radius 1 is 1.53 bits per heavy atom. The number of nitrogens with zero attached hydrogens (tertiary/aromatic N) is 2. The Morgan fingerprint density at radius 2 is 2.33 bits per heavy atom. The lowest BCUT2D eigenvalue weighted by atomic mass is 10.4. The molecule has 0 saturated carbocycles. The number of aryl methyl sites for hydroxylation is 1. The van der Waals surface area contributed by atoms with Crippen LogP contribution >= 0.6 is 0 Å². The van der Waals surface area contributed by atoms with Gasteiger partial charge in [-0.2, -0.15) is 0 Å². The molecule has 1 aromatic heterocycles. The van der Waals surface area contributed by atoms with E-state index < -0.39 is 0 Å². The average Bonchev–Trinajstić information content (AvgIpc) is 2.66. The summed E-state index contributed by atoms with van der Waals surface area (Å²) in [5, 5.41) is 5.80. The van der Waals surface area contributed by atoms with Gasteiger partial charge in [-0.05, 0) is 13.8 Å². The van der Waals surface area contributed by atoms with E-state index in [2.05, 4.69) is 22.5 Å². The van der Waals surface area contributed by atoms with E-state index in [1.807, 2.05) is 17.7 Å². The van der Waals surface area contributed by atoms with Crippen molar-refractivity contribution in [2.75, 3.05) is 13.1 Å². The third-order valence-corrected chi connectivity index (χ3v) is 2.10. The quantitative estimate of drug-likeness (QED) is 0.701. The largest absolute Gasteiger partial charge is 0.355 e. The first-order valence-corrected chi connectivity index (χ1v) is 5.24. The van der Waals surface area contributed by atoms with Crippen LogP contribution in [0.15, 0.2) is 12.5 Å². The fraction of sp³-hybridized carbons (Fsp3) is 0.600. The highest BCUT2D eigenvalue weighted by atomic mass is 16.1. The van der Waals surface area contributed by atoms with Gasteiger partial charge in [0, 0.05) is 25.8 Å². The van der Waals surface area contributed by atoms with Gasteiger partial charge in [0.2, 0.25) is 5.91 Å². The van der Waals surface area contributed by atoms with Crippen LogP contribution in [0, 0.1) is 0 Å². The highest BCUT2D eigenvalue weighted by molar-refractivity contribution is 5.77. The third-order valence-electron chi connectivity index (χ3n) is 2.10. The molecule has 1 aromatic rings. The summed E-state index contributed by atoms with van der Waals surface area (Å²) in [7, 11) is 0. The number of likely N-dealkylation sites (N-methyl/N-ethyl adjacent to an activating group) is 1. The summed E-state index contributed by atoms with van der Waals surface area (Å²) in [6.07, 6.45) is 3.61. The molecule has 5 nitrogen and oxygen atoms in total. The third kappa shape index (κ3) is 3.71. The van der Waals surface area contributed by atoms with Gasteiger partial charge in [0.15, 0.2) is 0 Å². The number of nitrogens with one attached hydrogen (secondary N) is 2. The summed E-state index contributed by atoms with van der Waals surface area (Å²) in [6.45, 7) is 6.57. The van der Waals surface area contributed by atoms with Gasteiger partial charge in [-0.3, -0.25) is 4.79 Å². The van der Waals surface area contributed by atoms with Crippen LogP contribution in [-0.2, 0) is 17.9 Å². The zero-order valence-corrected chi connectivity index (χ0v) is 9.29. The van der Waals surface area contributed by atoms with Gasteiger partial charge in [0.25, 0.3) is 0 Å². The molecule has 0 saturated heterocycles. The van der Waals surface area contributed by atoms with E-state index in [0.717, 1.165) is 12.2 Å². The molecule has 84 valence electrons. The van der Waals surface area contributed by atoms with Crippen molar-refractivity contribution in [3.8, 4) is 0 Å². The van der Waals surface area contributed by atoms with Crippen molar-refractivity contribution in [3.63, 3.8) is 0 Å². The lowest BCUT2D eigenvalue weighted by molar-refractivity contribution is -0.120. The van der Waals surface area contributed by atoms with Gasteiger partial charge in [-0.1, -0.05) is 0 Å². The standard InChI is InChI=1S/C10H18N4O/c1-3-13-10(15)7-11-5-9-6-12-8-14(9)4-2/h6,8,11H,3-5,7H2,1-2H3,(H,13,15). The minimum Gasteiger partial charge on any atom is -0.355 e. The second-order valence-corrected chi connectivity index (χ2v) is 3.23. The van der Waals surface area contributed by atoms with E-state index in [1.54, 1.807) is 6.33 Å². The first-order chi connectivity index (χ1) is 7.27. The van der Waals surface area contributed by atoms with E-state index in [0.29, 0.717) is 19.6 Å². The van der Waals surface area contributed by atoms with E-state index >= 15 is 0 Å². The van der Waals surface area contributed by atoms with Gasteiger partial charge >= 0.3 is 0 Å². The minimum atomic E-state index is 0.0278. The number of carbonyl (C=O) groups is 1. The van der Waals surface area contributed by atoms with Crippen LogP contribution in [0.5, 0.6) is 0 Å². The van der Waals surface area contributed by atoms with Crippen LogP contribution in [0.1, 0.15) is 19.5 Å². The summed E-state index contributed by atoms with van der Waals surface area (Å²) in [5.41, 5.74) is 1.10. The van der Waals surface area contributed by atoms with Crippen molar-refractivity contribution in [3.05, 3.63) is 18.2 Å². The highest BCUT2D eigenvalue weighted by Crippen LogP contribution is 1.97. The molecular weight excluding hydrogens is 192 g/mol. The van der Waals surface area contributed by atoms with Crippen LogP contribution in [0.3, 0.4) is 0 Å². The monoisotopic (exact) mass is 210 g/mol. The zero-order chi connectivity index (χ0) is 11.1. The molecule has 0 unspecified atom stereocenters. The summed E-state index contributed by atoms with van der Waals surface area (Å²) >= 11 is 0. The SMILES string of the molecule is CCNC(=O)CNCc1cncn1CC. The van der Waals surface area contributed by atoms with Crippen molar-refractivity contribution in [1.82, 2.24) is 20.2 Å². The van der Waals surface area contributed by atoms with Crippen LogP contribution < -0.4 is 10.6 Å². The van der Waals surface area contributed by atoms with Crippen molar-refractivity contribution < 1.29 is 4.79 Å². The Kier molecular flexibility index (Phi) is 4.83. The van der Waals surface area contributed by atoms with Crippen LogP contribution in [-0.4, -0.2) is 28.5 Å². The number of amides is 1. The van der Waals surface area contributed by atoms with Crippen molar-refractivity contribution in [2.24, 2.45) is 0 Å². The zero-order valence-electron chi connectivity index (χ0n) is 9.29. The Hall–Kier alpha value is -1.36. The van der Waals surface area contributed by atoms with E-state index in [1.165, 1.54) is 0 Å². The first-order valence-electron chi connectivity index (χ1n) is 5.24. The number of rotatable bonds is 6. The van der Waals surface area contributed by atoms with Crippen LogP contribution in [0.2, 0.25) is 0 Å². The molecule has 2 N–H and O–H groups in total. The maximum atomic E-state index is 11.1. The predicted molar refractivity (Wildman–Crippen MR) is 58.3 cm³/mol. The lowest BCUT2D eigenvalue weighted by Crippen LogP contribution is -2.33. The summed E-state index contributed by atoms with van der Waals surface area (Å²) in [5.74, 6) is 0.0278. The van der Waals surface area contributed by atoms with Crippen LogP contribution in [0.25, 0.3) is 0 Å². The molecule has 0 aliphatic heterocycles. The van der Waals surface area contributed by atoms with Gasteiger partial charge in [0.05, 0.1) is 18.6 Å². The number of hydrogen-bond donors (Lipinski definition) is 2. The lowest BCUT2D eigenvalue weighted by Gasteiger charge is -2.06. The van der Waals surface area contributed by atoms with Gasteiger partial charge in [-0.15, -0.1) is 0 Å². The first kappa shape index (κ1) is 11.7. The molecule has 1 amide bonds. The molecule has 0 bridgehead atoms. The molecule has 0 fully saturated rings. The van der Waals surface area contributed by atoms with E-state index in [4.69, 9.17) is 0 Å². The molecule has 1 rings (SSSR count). The predicted octanol–water partition coefficient (Wildman–Crippen LogP) is 0.129. The Morgan fingerprint density at radius 3 is 3.00 bits per heavy atom. The molecule has 0 spiro atoms. The Balaban J connectivity index is 2.28. The molecule has 15 heavy (non-hydrogen) atoms. The van der Waals surface area contributed by atoms with Gasteiger partial charge in [-0.25, -0.2) is 4.98 Å². The van der Waals surface area contributed by atoms with Crippen molar-refractivity contribution in [1.29, 1.82) is 0 Å². The average molecular weight is 210 g/mol. The van der Waals surface area contributed by atoms with Crippen molar-refractivity contribution >= 4 is 5.91 Å². The summed E-state index contributed by atoms with van der Waals surface area (Å²) < 4.78 is 2.05. The highest BCUT2D eigenvalue weighted by Gasteiger charge is 2.01. The van der Waals surface area contributed by atoms with Gasteiger partial charge < -0.3 is 15.2 Å². The Bertz CT molecular complexity index is 308. The summed E-state index contributed by atoms with van der Waals surface area (Å²) in [6, 6.07) is 0. The number of carbonyl (C=O) groups excluding carboxylic acids is 1. The fourth-order valence-electron chi connectivity index (χ4n) is 1.34. The maximum Gasteiger partial charge on any atom is 0.233 e. The number of aromatic nitrogens is 2. The Labute approximate surface area is 89.9 Å². The molecule has 5 heteroatoms. The number of hydrogen-bond acceptors (Lipinski definition) is 3. The van der Waals surface area contributed by atoms with Crippen LogP contribution in [0.4, 0.5) is 0 Å². The number of imidazole rings is 1. The normalized spacial score (nSPS) is 10.3. The summed E-state index contributed by atoms with van der Waals surface area (Å²) in [4.78, 5) is 15.2. The van der Waals surface area contributed by atoms with E-state index in [9.17, 15) is 4.79 Å². The molecule has 0 aromatic carbocycles. The molecule has 0 radical (unpaired) electrons. The fourth-order valence-corrected chi connectivity index (χ4v) is 1.34. The smallest absolute Gasteiger partial charge is 0.233 e. The topological polar surface area (TPSA) is 59.0 Å². The minimum absolute atomic E-state index is 0.0278. The molecule has 0 aliphatic carbocycles. The maximum absolute atomic E-state index is 11.1. The second-order valence-electron chi connectivity index (χ2n) is 3.23.